The minimum Gasteiger partial charge on any atom is -0.444 e. The lowest BCUT2D eigenvalue weighted by molar-refractivity contribution is -0.383. The molecule has 0 saturated heterocycles. The normalized spacial score (nSPS) is 11.4. The Balaban J connectivity index is 2.12. The number of carbonyl (C=O) groups is 1. The Hall–Kier alpha value is -2.64. The van der Waals surface area contributed by atoms with Crippen LogP contribution in [0.25, 0.3) is 11.0 Å². The highest BCUT2D eigenvalue weighted by molar-refractivity contribution is 5.84. The van der Waals surface area contributed by atoms with E-state index in [1.54, 1.807) is 32.9 Å². The minimum absolute atomic E-state index is 0.0766. The lowest BCUT2D eigenvalue weighted by atomic mass is 10.2. The third-order valence-corrected chi connectivity index (χ3v) is 2.54. The lowest BCUT2D eigenvalue weighted by Crippen LogP contribution is -2.32. The highest BCUT2D eigenvalue weighted by Crippen LogP contribution is 2.22. The number of hydrogen-bond donors (Lipinski definition) is 2. The van der Waals surface area contributed by atoms with Gasteiger partial charge in [0.2, 0.25) is 0 Å². The summed E-state index contributed by atoms with van der Waals surface area (Å²) in [7, 11) is 0. The SMILES string of the molecule is CC(C)(C)OC(=O)NCc1nc2c([N+](=O)[O-])cccc2[nH]1. The van der Waals surface area contributed by atoms with Gasteiger partial charge in [-0.3, -0.25) is 10.1 Å². The van der Waals surface area contributed by atoms with Crippen LogP contribution in [0.2, 0.25) is 0 Å². The predicted octanol–water partition coefficient (Wildman–Crippen LogP) is 2.50. The topological polar surface area (TPSA) is 110 Å². The van der Waals surface area contributed by atoms with Crippen molar-refractivity contribution in [2.45, 2.75) is 32.9 Å². The number of H-pyrrole nitrogens is 1. The quantitative estimate of drug-likeness (QED) is 0.667. The fourth-order valence-electron chi connectivity index (χ4n) is 1.77. The maximum Gasteiger partial charge on any atom is 0.408 e. The number of non-ortho nitro benzene ring substituents is 1. The summed E-state index contributed by atoms with van der Waals surface area (Å²) in [6.07, 6.45) is -0.572. The zero-order valence-electron chi connectivity index (χ0n) is 12.0. The number of para-hydroxylation sites is 1. The van der Waals surface area contributed by atoms with Gasteiger partial charge < -0.3 is 15.0 Å². The average Bonchev–Trinajstić information content (AvgIpc) is 2.76. The van der Waals surface area contributed by atoms with Gasteiger partial charge in [0.1, 0.15) is 11.4 Å². The van der Waals surface area contributed by atoms with Crippen LogP contribution < -0.4 is 5.32 Å². The molecule has 0 aliphatic carbocycles. The van der Waals surface area contributed by atoms with Crippen LogP contribution in [-0.4, -0.2) is 26.6 Å². The summed E-state index contributed by atoms with van der Waals surface area (Å²) in [4.78, 5) is 29.0. The second kappa shape index (κ2) is 5.39. The fraction of sp³-hybridized carbons (Fsp3) is 0.385. The van der Waals surface area contributed by atoms with E-state index in [2.05, 4.69) is 15.3 Å². The summed E-state index contributed by atoms with van der Waals surface area (Å²) in [5.41, 5.74) is 0.150. The number of nitro benzene ring substituents is 1. The van der Waals surface area contributed by atoms with Gasteiger partial charge in [0, 0.05) is 6.07 Å². The average molecular weight is 292 g/mol. The number of rotatable bonds is 3. The minimum atomic E-state index is -0.587. The standard InChI is InChI=1S/C13H16N4O4/c1-13(2,3)21-12(18)14-7-10-15-8-5-4-6-9(17(19)20)11(8)16-10/h4-6H,7H2,1-3H3,(H,14,18)(H,15,16). The van der Waals surface area contributed by atoms with Crippen LogP contribution in [0.5, 0.6) is 0 Å². The van der Waals surface area contributed by atoms with Crippen molar-refractivity contribution in [1.29, 1.82) is 0 Å². The second-order valence-electron chi connectivity index (χ2n) is 5.47. The van der Waals surface area contributed by atoms with E-state index in [-0.39, 0.29) is 17.7 Å². The number of nitrogens with zero attached hydrogens (tertiary/aromatic N) is 2. The van der Waals surface area contributed by atoms with E-state index < -0.39 is 16.6 Å². The van der Waals surface area contributed by atoms with Crippen molar-refractivity contribution in [3.8, 4) is 0 Å². The van der Waals surface area contributed by atoms with Crippen molar-refractivity contribution >= 4 is 22.8 Å². The summed E-state index contributed by atoms with van der Waals surface area (Å²) in [6, 6.07) is 4.64. The Morgan fingerprint density at radius 1 is 1.48 bits per heavy atom. The van der Waals surface area contributed by atoms with E-state index in [0.29, 0.717) is 11.3 Å². The first-order valence-corrected chi connectivity index (χ1v) is 6.35. The van der Waals surface area contributed by atoms with Crippen LogP contribution >= 0.6 is 0 Å². The number of aromatic nitrogens is 2. The summed E-state index contributed by atoms with van der Waals surface area (Å²) < 4.78 is 5.10. The Morgan fingerprint density at radius 2 is 2.19 bits per heavy atom. The number of nitrogens with one attached hydrogen (secondary N) is 2. The van der Waals surface area contributed by atoms with E-state index in [4.69, 9.17) is 4.74 Å². The maximum atomic E-state index is 11.5. The molecule has 1 amide bonds. The lowest BCUT2D eigenvalue weighted by Gasteiger charge is -2.19. The molecule has 21 heavy (non-hydrogen) atoms. The van der Waals surface area contributed by atoms with Crippen LogP contribution in [0.15, 0.2) is 18.2 Å². The Morgan fingerprint density at radius 3 is 2.81 bits per heavy atom. The smallest absolute Gasteiger partial charge is 0.408 e. The molecule has 0 fully saturated rings. The van der Waals surface area contributed by atoms with Crippen LogP contribution in [0.1, 0.15) is 26.6 Å². The van der Waals surface area contributed by atoms with E-state index >= 15 is 0 Å². The van der Waals surface area contributed by atoms with E-state index in [1.165, 1.54) is 6.07 Å². The molecule has 0 aliphatic heterocycles. The molecule has 0 atom stereocenters. The molecule has 0 spiro atoms. The molecule has 1 aromatic heterocycles. The molecule has 8 heteroatoms. The first-order chi connectivity index (χ1) is 9.76. The third-order valence-electron chi connectivity index (χ3n) is 2.54. The van der Waals surface area contributed by atoms with Gasteiger partial charge in [-0.1, -0.05) is 6.07 Å². The van der Waals surface area contributed by atoms with Crippen LogP contribution in [-0.2, 0) is 11.3 Å². The van der Waals surface area contributed by atoms with Gasteiger partial charge >= 0.3 is 6.09 Å². The summed E-state index contributed by atoms with van der Waals surface area (Å²) in [6.45, 7) is 5.38. The number of carbonyl (C=O) groups excluding carboxylic acids is 1. The number of aromatic amines is 1. The van der Waals surface area contributed by atoms with Crippen molar-refractivity contribution < 1.29 is 14.5 Å². The first kappa shape index (κ1) is 14.8. The Labute approximate surface area is 120 Å². The third kappa shape index (κ3) is 3.68. The van der Waals surface area contributed by atoms with E-state index in [0.717, 1.165) is 0 Å². The summed E-state index contributed by atoms with van der Waals surface area (Å²) in [5, 5.41) is 13.4. The molecule has 2 aromatic rings. The van der Waals surface area contributed by atoms with Crippen molar-refractivity contribution in [3.05, 3.63) is 34.1 Å². The van der Waals surface area contributed by atoms with Crippen molar-refractivity contribution in [3.63, 3.8) is 0 Å². The van der Waals surface area contributed by atoms with E-state index in [1.807, 2.05) is 0 Å². The molecule has 2 N–H and O–H groups in total. The zero-order chi connectivity index (χ0) is 15.6. The molecule has 0 saturated carbocycles. The molecule has 0 bridgehead atoms. The van der Waals surface area contributed by atoms with Gasteiger partial charge in [0.15, 0.2) is 5.52 Å². The van der Waals surface area contributed by atoms with Crippen LogP contribution in [0.4, 0.5) is 10.5 Å². The van der Waals surface area contributed by atoms with Gasteiger partial charge in [-0.15, -0.1) is 0 Å². The Kier molecular flexibility index (Phi) is 3.79. The summed E-state index contributed by atoms with van der Waals surface area (Å²) >= 11 is 0. The van der Waals surface area contributed by atoms with Crippen molar-refractivity contribution in [1.82, 2.24) is 15.3 Å². The van der Waals surface area contributed by atoms with Gasteiger partial charge in [-0.2, -0.15) is 0 Å². The number of hydrogen-bond acceptors (Lipinski definition) is 5. The molecule has 0 aliphatic rings. The highest BCUT2D eigenvalue weighted by atomic mass is 16.6. The monoisotopic (exact) mass is 292 g/mol. The number of alkyl carbamates (subject to hydrolysis) is 1. The number of nitro groups is 1. The molecule has 1 aromatic carbocycles. The number of fused-ring (bicyclic) bond motifs is 1. The molecular formula is C13H16N4O4. The van der Waals surface area contributed by atoms with Gasteiger partial charge in [0.05, 0.1) is 17.0 Å². The van der Waals surface area contributed by atoms with Crippen LogP contribution in [0.3, 0.4) is 0 Å². The number of benzene rings is 1. The molecule has 2 rings (SSSR count). The fourth-order valence-corrected chi connectivity index (χ4v) is 1.77. The van der Waals surface area contributed by atoms with Crippen molar-refractivity contribution in [2.24, 2.45) is 0 Å². The first-order valence-electron chi connectivity index (χ1n) is 6.35. The second-order valence-corrected chi connectivity index (χ2v) is 5.47. The van der Waals surface area contributed by atoms with E-state index in [9.17, 15) is 14.9 Å². The molecule has 8 nitrogen and oxygen atoms in total. The van der Waals surface area contributed by atoms with Crippen LogP contribution in [0, 0.1) is 10.1 Å². The molecule has 1 heterocycles. The zero-order valence-corrected chi connectivity index (χ0v) is 12.0. The summed E-state index contributed by atoms with van der Waals surface area (Å²) in [5.74, 6) is 0.421. The van der Waals surface area contributed by atoms with Gasteiger partial charge in [-0.25, -0.2) is 9.78 Å². The number of ether oxygens (including phenoxy) is 1. The number of amides is 1. The molecule has 0 unspecified atom stereocenters. The predicted molar refractivity (Wildman–Crippen MR) is 75.8 cm³/mol. The highest BCUT2D eigenvalue weighted by Gasteiger charge is 2.18. The van der Waals surface area contributed by atoms with Gasteiger partial charge in [-0.05, 0) is 26.8 Å². The van der Waals surface area contributed by atoms with Crippen molar-refractivity contribution in [2.75, 3.05) is 0 Å². The maximum absolute atomic E-state index is 11.5. The molecule has 0 radical (unpaired) electrons. The number of imidazole rings is 1. The molecular weight excluding hydrogens is 276 g/mol. The Bertz CT molecular complexity index is 687. The largest absolute Gasteiger partial charge is 0.444 e. The molecule has 112 valence electrons. The van der Waals surface area contributed by atoms with Gasteiger partial charge in [0.25, 0.3) is 5.69 Å².